The highest BCUT2D eigenvalue weighted by molar-refractivity contribution is 6.08. The molecule has 0 fully saturated rings. The second-order valence-corrected chi connectivity index (χ2v) is 4.97. The van der Waals surface area contributed by atoms with E-state index in [4.69, 9.17) is 30.8 Å². The summed E-state index contributed by atoms with van der Waals surface area (Å²) in [6, 6.07) is 13.5. The van der Waals surface area contributed by atoms with E-state index in [1.54, 1.807) is 62.8 Å². The zero-order valence-electron chi connectivity index (χ0n) is 13.9. The Morgan fingerprint density at radius 2 is 0.923 bits per heavy atom. The lowest BCUT2D eigenvalue weighted by molar-refractivity contribution is 0.378. The van der Waals surface area contributed by atoms with Crippen molar-refractivity contribution >= 4 is 11.9 Å². The van der Waals surface area contributed by atoms with Crippen LogP contribution in [0.4, 0.5) is 0 Å². The average molecular weight is 376 g/mol. The monoisotopic (exact) mass is 375 g/mol. The molecule has 0 bridgehead atoms. The van der Waals surface area contributed by atoms with Gasteiger partial charge in [-0.3, -0.25) is 0 Å². The molecule has 0 aliphatic rings. The summed E-state index contributed by atoms with van der Waals surface area (Å²) in [5, 5.41) is 0. The van der Waals surface area contributed by atoms with Gasteiger partial charge in [-0.25, -0.2) is 0 Å². The first-order chi connectivity index (χ1) is 12.7. The highest BCUT2D eigenvalue weighted by Gasteiger charge is 2.12. The van der Waals surface area contributed by atoms with E-state index in [0.29, 0.717) is 23.0 Å². The molecule has 0 saturated carbocycles. The Balaban J connectivity index is 1.80. The van der Waals surface area contributed by atoms with E-state index in [1.807, 2.05) is 0 Å². The van der Waals surface area contributed by atoms with Gasteiger partial charge < -0.3 is 23.2 Å². The van der Waals surface area contributed by atoms with Crippen molar-refractivity contribution in [2.75, 3.05) is 14.2 Å². The van der Waals surface area contributed by atoms with Crippen LogP contribution in [0.2, 0.25) is 0 Å². The molecular formula is C17H14ClN3O5. The lowest BCUT2D eigenvalue weighted by Gasteiger charge is -2.08. The summed E-state index contributed by atoms with van der Waals surface area (Å²) in [5.41, 5.74) is 0. The normalized spacial score (nSPS) is 10.1. The molecule has 0 aliphatic carbocycles. The van der Waals surface area contributed by atoms with Crippen LogP contribution < -0.4 is 23.2 Å². The van der Waals surface area contributed by atoms with Gasteiger partial charge in [-0.05, 0) is 48.5 Å². The van der Waals surface area contributed by atoms with Crippen molar-refractivity contribution in [3.05, 3.63) is 48.5 Å². The topological polar surface area (TPSA) is 84.8 Å². The highest BCUT2D eigenvalue weighted by atomic mass is 35.5. The summed E-state index contributed by atoms with van der Waals surface area (Å²) in [6.07, 6.45) is 0. The molecule has 0 atom stereocenters. The summed E-state index contributed by atoms with van der Waals surface area (Å²) < 4.78 is 25.9. The highest BCUT2D eigenvalue weighted by Crippen LogP contribution is 2.26. The number of nitrogens with zero attached hydrogens (tertiary/aromatic N) is 3. The molecular weight excluding hydrogens is 362 g/mol. The van der Waals surface area contributed by atoms with Crippen LogP contribution >= 0.6 is 11.9 Å². The van der Waals surface area contributed by atoms with Crippen molar-refractivity contribution in [3.8, 4) is 41.0 Å². The zero-order valence-corrected chi connectivity index (χ0v) is 14.6. The molecule has 9 heteroatoms. The molecule has 134 valence electrons. The van der Waals surface area contributed by atoms with Crippen molar-refractivity contribution in [2.45, 2.75) is 0 Å². The average Bonchev–Trinajstić information content (AvgIpc) is 2.69. The fourth-order valence-electron chi connectivity index (χ4n) is 1.94. The minimum absolute atomic E-state index is 0.0377. The fourth-order valence-corrected chi connectivity index (χ4v) is 2.01. The third-order valence-corrected chi connectivity index (χ3v) is 3.32. The minimum Gasteiger partial charge on any atom is -0.497 e. The van der Waals surface area contributed by atoms with Gasteiger partial charge in [-0.1, -0.05) is 0 Å². The predicted octanol–water partition coefficient (Wildman–Crippen LogP) is 4.01. The molecule has 1 heterocycles. The summed E-state index contributed by atoms with van der Waals surface area (Å²) in [6.45, 7) is 0. The van der Waals surface area contributed by atoms with Crippen molar-refractivity contribution in [2.24, 2.45) is 0 Å². The molecule has 0 unspecified atom stereocenters. The van der Waals surface area contributed by atoms with Crippen LogP contribution in [-0.4, -0.2) is 29.2 Å². The van der Waals surface area contributed by atoms with Gasteiger partial charge in [0.25, 0.3) is 0 Å². The number of methoxy groups -OCH3 is 2. The van der Waals surface area contributed by atoms with Gasteiger partial charge in [0.15, 0.2) is 0 Å². The Morgan fingerprint density at radius 1 is 0.577 bits per heavy atom. The van der Waals surface area contributed by atoms with Gasteiger partial charge in [-0.15, -0.1) is 15.0 Å². The summed E-state index contributed by atoms with van der Waals surface area (Å²) in [5.74, 6) is 2.38. The first kappa shape index (κ1) is 17.6. The van der Waals surface area contributed by atoms with Crippen LogP contribution in [0, 0.1) is 0 Å². The first-order valence-corrected chi connectivity index (χ1v) is 7.69. The maximum atomic E-state index is 5.58. The Labute approximate surface area is 154 Å². The van der Waals surface area contributed by atoms with Crippen molar-refractivity contribution in [1.29, 1.82) is 0 Å². The van der Waals surface area contributed by atoms with Crippen molar-refractivity contribution < 1.29 is 23.2 Å². The third kappa shape index (κ3) is 4.42. The van der Waals surface area contributed by atoms with E-state index >= 15 is 0 Å². The van der Waals surface area contributed by atoms with Gasteiger partial charge in [0.2, 0.25) is 0 Å². The minimum atomic E-state index is -0.159. The van der Waals surface area contributed by atoms with E-state index in [1.165, 1.54) is 0 Å². The Bertz CT molecular complexity index is 792. The second kappa shape index (κ2) is 8.21. The van der Waals surface area contributed by atoms with Crippen LogP contribution in [0.25, 0.3) is 0 Å². The number of halogens is 1. The van der Waals surface area contributed by atoms with Crippen molar-refractivity contribution in [3.63, 3.8) is 0 Å². The van der Waals surface area contributed by atoms with Gasteiger partial charge in [0.05, 0.1) is 14.2 Å². The molecule has 2 aromatic carbocycles. The number of rotatable bonds is 7. The molecule has 0 radical (unpaired) electrons. The van der Waals surface area contributed by atoms with E-state index in [9.17, 15) is 0 Å². The predicted molar refractivity (Wildman–Crippen MR) is 92.4 cm³/mol. The zero-order chi connectivity index (χ0) is 18.4. The molecule has 1 aromatic heterocycles. The maximum Gasteiger partial charge on any atom is 0.344 e. The largest absolute Gasteiger partial charge is 0.497 e. The van der Waals surface area contributed by atoms with Gasteiger partial charge in [-0.2, -0.15) is 0 Å². The third-order valence-electron chi connectivity index (χ3n) is 3.18. The van der Waals surface area contributed by atoms with E-state index in [2.05, 4.69) is 19.2 Å². The standard InChI is InChI=1S/C17H14ClN3O5/c1-22-11-3-7-13(8-4-11)24-15-19-16(21-17(20-15)26-18)25-14-9-5-12(23-2)6-10-14/h3-10H,1-2H3. The molecule has 3 rings (SSSR count). The van der Waals surface area contributed by atoms with Crippen LogP contribution in [0.15, 0.2) is 48.5 Å². The van der Waals surface area contributed by atoms with Crippen LogP contribution in [0.5, 0.6) is 41.0 Å². The second-order valence-electron chi connectivity index (χ2n) is 4.82. The lowest BCUT2D eigenvalue weighted by Crippen LogP contribution is -2.00. The van der Waals surface area contributed by atoms with Gasteiger partial charge in [0, 0.05) is 0 Å². The number of hydrogen-bond acceptors (Lipinski definition) is 8. The van der Waals surface area contributed by atoms with E-state index in [-0.39, 0.29) is 18.0 Å². The van der Waals surface area contributed by atoms with Crippen LogP contribution in [0.3, 0.4) is 0 Å². The van der Waals surface area contributed by atoms with E-state index < -0.39 is 0 Å². The van der Waals surface area contributed by atoms with Crippen LogP contribution in [-0.2, 0) is 0 Å². The number of ether oxygens (including phenoxy) is 4. The molecule has 3 aromatic rings. The molecule has 0 spiro atoms. The number of benzene rings is 2. The summed E-state index contributed by atoms with van der Waals surface area (Å²) >= 11 is 5.36. The molecule has 0 amide bonds. The summed E-state index contributed by atoms with van der Waals surface area (Å²) in [7, 11) is 3.16. The Morgan fingerprint density at radius 3 is 1.27 bits per heavy atom. The SMILES string of the molecule is COc1ccc(Oc2nc(OCl)nc(Oc3ccc(OC)cc3)n2)cc1. The number of aromatic nitrogens is 3. The molecule has 0 aliphatic heterocycles. The molecule has 0 saturated heterocycles. The van der Waals surface area contributed by atoms with Gasteiger partial charge >= 0.3 is 18.0 Å². The fraction of sp³-hybridized carbons (Fsp3) is 0.118. The Hall–Kier alpha value is -3.26. The smallest absolute Gasteiger partial charge is 0.344 e. The number of hydrogen-bond donors (Lipinski definition) is 0. The maximum absolute atomic E-state index is 5.58. The molecule has 0 N–H and O–H groups in total. The van der Waals surface area contributed by atoms with Gasteiger partial charge in [0.1, 0.15) is 34.9 Å². The molecule has 8 nitrogen and oxygen atoms in total. The first-order valence-electron chi connectivity index (χ1n) is 7.38. The van der Waals surface area contributed by atoms with Crippen LogP contribution in [0.1, 0.15) is 0 Å². The van der Waals surface area contributed by atoms with Crippen molar-refractivity contribution in [1.82, 2.24) is 15.0 Å². The summed E-state index contributed by atoms with van der Waals surface area (Å²) in [4.78, 5) is 11.9. The molecule has 26 heavy (non-hydrogen) atoms. The quantitative estimate of drug-likeness (QED) is 0.612. The lowest BCUT2D eigenvalue weighted by atomic mass is 10.3. The Kier molecular flexibility index (Phi) is 5.55. The van der Waals surface area contributed by atoms with E-state index in [0.717, 1.165) is 0 Å².